The molecule has 1 heterocycles. The van der Waals surface area contributed by atoms with Crippen LogP contribution in [-0.2, 0) is 0 Å². The number of allylic oxidation sites excluding steroid dienone is 1. The number of aromatic nitrogens is 2. The summed E-state index contributed by atoms with van der Waals surface area (Å²) in [5, 5.41) is 22.2. The Kier molecular flexibility index (Phi) is 7.50. The van der Waals surface area contributed by atoms with Crippen molar-refractivity contribution in [2.24, 2.45) is 0 Å². The first kappa shape index (κ1) is 24.4. The summed E-state index contributed by atoms with van der Waals surface area (Å²) >= 11 is 7.39. The van der Waals surface area contributed by atoms with Crippen LogP contribution in [0.1, 0.15) is 40.7 Å². The molecule has 0 unspecified atom stereocenters. The molecule has 6 nitrogen and oxygen atoms in total. The summed E-state index contributed by atoms with van der Waals surface area (Å²) in [6.07, 6.45) is -4.14. The van der Waals surface area contributed by atoms with Crippen LogP contribution in [0, 0.1) is 5.41 Å². The van der Waals surface area contributed by atoms with Crippen LogP contribution in [0.2, 0.25) is 5.02 Å². The van der Waals surface area contributed by atoms with Gasteiger partial charge in [-0.15, -0.1) is 10.2 Å². The molecule has 0 aliphatic heterocycles. The second kappa shape index (κ2) is 10.1. The predicted molar refractivity (Wildman–Crippen MR) is 125 cm³/mol. The number of hydrogen-bond acceptors (Lipinski definition) is 6. The maximum atomic E-state index is 13.0. The number of carbonyl (C=O) groups excluding carboxylic acids is 1. The van der Waals surface area contributed by atoms with Gasteiger partial charge in [0.15, 0.2) is 0 Å². The third kappa shape index (κ3) is 6.39. The van der Waals surface area contributed by atoms with E-state index >= 15 is 0 Å². The molecular weight excluding hydrogens is 475 g/mol. The van der Waals surface area contributed by atoms with Gasteiger partial charge >= 0.3 is 6.18 Å². The number of nitrogens with zero attached hydrogens (tertiary/aromatic N) is 2. The van der Waals surface area contributed by atoms with Crippen LogP contribution < -0.4 is 10.6 Å². The molecule has 3 rings (SSSR count). The molecule has 0 aliphatic carbocycles. The van der Waals surface area contributed by atoms with Crippen molar-refractivity contribution in [1.82, 2.24) is 10.2 Å². The summed E-state index contributed by atoms with van der Waals surface area (Å²) in [5.74, 6) is -0.251. The molecule has 33 heavy (non-hydrogen) atoms. The Morgan fingerprint density at radius 3 is 2.27 bits per heavy atom. The number of alkyl halides is 3. The summed E-state index contributed by atoms with van der Waals surface area (Å²) in [6.45, 7) is 3.93. The molecule has 0 saturated heterocycles. The lowest BCUT2D eigenvalue weighted by molar-refractivity contribution is -0.0583. The van der Waals surface area contributed by atoms with E-state index in [2.05, 4.69) is 20.8 Å². The van der Waals surface area contributed by atoms with Crippen LogP contribution in [0.4, 0.5) is 24.0 Å². The van der Waals surface area contributed by atoms with Crippen LogP contribution in [-0.4, -0.2) is 28.0 Å². The smallest absolute Gasteiger partial charge is 0.354 e. The van der Waals surface area contributed by atoms with Gasteiger partial charge in [0.2, 0.25) is 5.13 Å². The molecule has 0 aliphatic rings. The van der Waals surface area contributed by atoms with E-state index in [4.69, 9.17) is 17.0 Å². The Morgan fingerprint density at radius 1 is 1.06 bits per heavy atom. The highest BCUT2D eigenvalue weighted by Crippen LogP contribution is 2.28. The maximum Gasteiger partial charge on any atom is 0.432 e. The second-order valence-electron chi connectivity index (χ2n) is 7.21. The zero-order chi connectivity index (χ0) is 24.2. The molecule has 1 aromatic heterocycles. The first-order valence-corrected chi connectivity index (χ1v) is 10.9. The highest BCUT2D eigenvalue weighted by Gasteiger charge is 2.33. The maximum absolute atomic E-state index is 13.0. The molecule has 11 heteroatoms. The molecule has 2 aromatic carbocycles. The van der Waals surface area contributed by atoms with Crippen molar-refractivity contribution >= 4 is 51.1 Å². The van der Waals surface area contributed by atoms with Gasteiger partial charge < -0.3 is 5.32 Å². The molecule has 1 amide bonds. The van der Waals surface area contributed by atoms with Crippen LogP contribution >= 0.6 is 22.9 Å². The molecule has 0 saturated carbocycles. The van der Waals surface area contributed by atoms with Gasteiger partial charge in [-0.3, -0.25) is 15.5 Å². The van der Waals surface area contributed by atoms with Gasteiger partial charge in [0.25, 0.3) is 5.91 Å². The highest BCUT2D eigenvalue weighted by molar-refractivity contribution is 7.15. The monoisotopic (exact) mass is 493 g/mol. The van der Waals surface area contributed by atoms with Gasteiger partial charge in [-0.2, -0.15) is 13.2 Å². The Labute approximate surface area is 197 Å². The van der Waals surface area contributed by atoms with E-state index in [1.165, 1.54) is 35.6 Å². The Hall–Kier alpha value is -3.24. The second-order valence-corrected chi connectivity index (χ2v) is 8.62. The number of carbonyl (C=O) groups is 1. The molecule has 0 spiro atoms. The summed E-state index contributed by atoms with van der Waals surface area (Å²) < 4.78 is 39.0. The average Bonchev–Trinajstić information content (AvgIpc) is 3.23. The van der Waals surface area contributed by atoms with E-state index in [0.717, 1.165) is 5.01 Å². The van der Waals surface area contributed by atoms with E-state index in [1.807, 2.05) is 13.8 Å². The normalized spacial score (nSPS) is 12.0. The van der Waals surface area contributed by atoms with Crippen LogP contribution in [0.15, 0.2) is 54.6 Å². The van der Waals surface area contributed by atoms with Crippen molar-refractivity contribution in [2.45, 2.75) is 25.9 Å². The fraction of sp³-hybridized carbons (Fsp3) is 0.182. The van der Waals surface area contributed by atoms with Crippen molar-refractivity contribution in [3.8, 4) is 0 Å². The number of nitrogens with one attached hydrogen (secondary N) is 3. The third-order valence-corrected chi connectivity index (χ3v) is 5.82. The van der Waals surface area contributed by atoms with Gasteiger partial charge in [-0.05, 0) is 35.9 Å². The van der Waals surface area contributed by atoms with E-state index in [0.29, 0.717) is 27.5 Å². The summed E-state index contributed by atoms with van der Waals surface area (Å²) in [6, 6.07) is 12.4. The first-order chi connectivity index (χ1) is 15.5. The van der Waals surface area contributed by atoms with E-state index < -0.39 is 17.8 Å². The topological polar surface area (TPSA) is 90.8 Å². The summed E-state index contributed by atoms with van der Waals surface area (Å²) in [5.41, 5.74) is -0.542. The number of hydrogen-bond donors (Lipinski definition) is 3. The van der Waals surface area contributed by atoms with E-state index in [1.54, 1.807) is 24.3 Å². The Morgan fingerprint density at radius 2 is 1.70 bits per heavy atom. The molecular formula is C22H19ClF3N5OS. The Balaban J connectivity index is 1.85. The predicted octanol–water partition coefficient (Wildman–Crippen LogP) is 6.60. The quantitative estimate of drug-likeness (QED) is 0.323. The van der Waals surface area contributed by atoms with Crippen molar-refractivity contribution < 1.29 is 18.0 Å². The average molecular weight is 494 g/mol. The highest BCUT2D eigenvalue weighted by atomic mass is 35.5. The summed E-state index contributed by atoms with van der Waals surface area (Å²) in [4.78, 5) is 12.5. The molecule has 0 radical (unpaired) electrons. The fourth-order valence-electron chi connectivity index (χ4n) is 2.61. The minimum absolute atomic E-state index is 0.00285. The van der Waals surface area contributed by atoms with E-state index in [9.17, 15) is 18.0 Å². The first-order valence-electron chi connectivity index (χ1n) is 9.68. The van der Waals surface area contributed by atoms with Crippen molar-refractivity contribution in [3.05, 3.63) is 75.8 Å². The van der Waals surface area contributed by atoms with Gasteiger partial charge in [-0.25, -0.2) is 0 Å². The zero-order valence-electron chi connectivity index (χ0n) is 17.5. The molecule has 3 N–H and O–H groups in total. The van der Waals surface area contributed by atoms with Gasteiger partial charge in [0, 0.05) is 17.2 Å². The van der Waals surface area contributed by atoms with Crippen molar-refractivity contribution in [3.63, 3.8) is 0 Å². The standard InChI is InChI=1S/C22H19ClF3N5OS/c1-12(2)20-30-31-21(33-20)29-19(32)14-9-7-13(8-10-14)17(11-18(27)22(24,25)26)28-16-6-4-3-5-15(16)23/h3-12,27-28H,1-2H3,(H,29,31,32)/b17-11-,27-18?. The minimum Gasteiger partial charge on any atom is -0.354 e. The number of amides is 1. The van der Waals surface area contributed by atoms with E-state index in [-0.39, 0.29) is 17.2 Å². The third-order valence-electron chi connectivity index (χ3n) is 4.35. The van der Waals surface area contributed by atoms with Crippen LogP contribution in [0.5, 0.6) is 0 Å². The van der Waals surface area contributed by atoms with Gasteiger partial charge in [0.05, 0.1) is 10.7 Å². The van der Waals surface area contributed by atoms with Gasteiger partial charge in [0.1, 0.15) is 10.7 Å². The van der Waals surface area contributed by atoms with Crippen molar-refractivity contribution in [2.75, 3.05) is 10.6 Å². The summed E-state index contributed by atoms with van der Waals surface area (Å²) in [7, 11) is 0. The minimum atomic E-state index is -4.82. The largest absolute Gasteiger partial charge is 0.432 e. The number of rotatable bonds is 7. The molecule has 172 valence electrons. The fourth-order valence-corrected chi connectivity index (χ4v) is 3.54. The SMILES string of the molecule is CC(C)c1nnc(NC(=O)c2ccc(/C(=C/C(=N)C(F)(F)F)Nc3ccccc3Cl)cc2)s1. The number of para-hydroxylation sites is 1. The lowest BCUT2D eigenvalue weighted by atomic mass is 10.1. The number of anilines is 2. The zero-order valence-corrected chi connectivity index (χ0v) is 19.1. The molecule has 3 aromatic rings. The molecule has 0 fully saturated rings. The van der Waals surface area contributed by atoms with Crippen LogP contribution in [0.3, 0.4) is 0 Å². The van der Waals surface area contributed by atoms with Gasteiger partial charge in [-0.1, -0.05) is 61.1 Å². The Bertz CT molecular complexity index is 1190. The van der Waals surface area contributed by atoms with Crippen molar-refractivity contribution in [1.29, 1.82) is 5.41 Å². The number of halogens is 4. The van der Waals surface area contributed by atoms with Crippen LogP contribution in [0.25, 0.3) is 5.70 Å². The lowest BCUT2D eigenvalue weighted by Gasteiger charge is -2.14. The lowest BCUT2D eigenvalue weighted by Crippen LogP contribution is -2.20. The number of benzene rings is 2. The molecule has 0 bridgehead atoms. The molecule has 0 atom stereocenters.